The summed E-state index contributed by atoms with van der Waals surface area (Å²) < 4.78 is 18.9. The minimum atomic E-state index is -0.310. The van der Waals surface area contributed by atoms with Crippen LogP contribution in [0.25, 0.3) is 76.9 Å². The number of hydrogen-bond acceptors (Lipinski definition) is 5. The third kappa shape index (κ3) is 4.98. The van der Waals surface area contributed by atoms with Crippen molar-refractivity contribution < 1.29 is 13.3 Å². The van der Waals surface area contributed by atoms with Crippen LogP contribution in [0.5, 0.6) is 0 Å². The molecule has 9 aromatic rings. The number of nitrogens with one attached hydrogen (secondary N) is 1. The molecule has 0 saturated carbocycles. The molecule has 0 aliphatic heterocycles. The zero-order valence-electron chi connectivity index (χ0n) is 27.6. The summed E-state index contributed by atoms with van der Waals surface area (Å²) in [7, 11) is 0. The van der Waals surface area contributed by atoms with E-state index in [0.717, 1.165) is 95.3 Å². The monoisotopic (exact) mass is 661 g/mol. The van der Waals surface area contributed by atoms with Crippen LogP contribution in [0.15, 0.2) is 151 Å². The van der Waals surface area contributed by atoms with E-state index in [4.69, 9.17) is 24.0 Å². The Morgan fingerprint density at radius 3 is 2.51 bits per heavy atom. The number of para-hydroxylation sites is 3. The highest BCUT2D eigenvalue weighted by Crippen LogP contribution is 2.38. The molecule has 0 fully saturated rings. The lowest BCUT2D eigenvalue weighted by atomic mass is 10.0. The van der Waals surface area contributed by atoms with Crippen molar-refractivity contribution in [3.8, 4) is 11.1 Å². The average molecular weight is 662 g/mol. The summed E-state index contributed by atoms with van der Waals surface area (Å²) in [5.74, 6) is 0.458. The summed E-state index contributed by atoms with van der Waals surface area (Å²) in [5, 5.41) is 9.99. The predicted molar refractivity (Wildman–Crippen MR) is 206 cm³/mol. The Balaban J connectivity index is 0.984. The van der Waals surface area contributed by atoms with Crippen molar-refractivity contribution in [2.24, 2.45) is 10.7 Å². The molecule has 244 valence electrons. The maximum atomic E-state index is 6.80. The topological polar surface area (TPSA) is 89.8 Å². The van der Waals surface area contributed by atoms with Crippen molar-refractivity contribution in [3.05, 3.63) is 156 Å². The maximum Gasteiger partial charge on any atom is 0.185 e. The zero-order chi connectivity index (χ0) is 33.9. The number of allylic oxidation sites excluding steroid dienone is 3. The number of rotatable bonds is 7. The molecule has 51 heavy (non-hydrogen) atoms. The molecule has 10 rings (SSSR count). The molecule has 0 bridgehead atoms. The van der Waals surface area contributed by atoms with Gasteiger partial charge < -0.3 is 19.0 Å². The Hall–Kier alpha value is -6.55. The average Bonchev–Trinajstić information content (AvgIpc) is 3.87. The molecule has 0 spiro atoms. The van der Waals surface area contributed by atoms with Crippen LogP contribution >= 0.6 is 0 Å². The Bertz CT molecular complexity index is 2900. The highest BCUT2D eigenvalue weighted by molar-refractivity contribution is 6.12. The number of amidine groups is 1. The Labute approximate surface area is 293 Å². The minimum absolute atomic E-state index is 0.310. The van der Waals surface area contributed by atoms with Crippen LogP contribution in [-0.4, -0.2) is 12.0 Å². The summed E-state index contributed by atoms with van der Waals surface area (Å²) in [4.78, 5) is 5.08. The van der Waals surface area contributed by atoms with Gasteiger partial charge in [0.25, 0.3) is 0 Å². The van der Waals surface area contributed by atoms with E-state index in [0.29, 0.717) is 18.0 Å². The second-order valence-electron chi connectivity index (χ2n) is 13.1. The second kappa shape index (κ2) is 11.8. The van der Waals surface area contributed by atoms with Gasteiger partial charge in [-0.05, 0) is 78.6 Å². The van der Waals surface area contributed by atoms with Crippen molar-refractivity contribution in [2.75, 3.05) is 0 Å². The fourth-order valence-electron chi connectivity index (χ4n) is 7.43. The lowest BCUT2D eigenvalue weighted by Crippen LogP contribution is -2.32. The lowest BCUT2D eigenvalue weighted by molar-refractivity contribution is 0.566. The van der Waals surface area contributed by atoms with E-state index in [2.05, 4.69) is 102 Å². The van der Waals surface area contributed by atoms with E-state index < -0.39 is 0 Å². The second-order valence-corrected chi connectivity index (χ2v) is 13.1. The van der Waals surface area contributed by atoms with E-state index in [1.165, 1.54) is 5.57 Å². The van der Waals surface area contributed by atoms with E-state index in [1.54, 1.807) is 0 Å². The number of aliphatic imine (C=N–C) groups is 1. The molecule has 0 saturated heterocycles. The molecular weight excluding hydrogens is 631 g/mol. The lowest BCUT2D eigenvalue weighted by Gasteiger charge is -2.20. The van der Waals surface area contributed by atoms with Crippen LogP contribution < -0.4 is 11.1 Å². The first kappa shape index (κ1) is 29.4. The number of benzene rings is 5. The summed E-state index contributed by atoms with van der Waals surface area (Å²) >= 11 is 0. The van der Waals surface area contributed by atoms with Crippen LogP contribution in [-0.2, 0) is 6.54 Å². The van der Waals surface area contributed by atoms with Crippen LogP contribution in [0.3, 0.4) is 0 Å². The van der Waals surface area contributed by atoms with E-state index in [1.807, 2.05) is 42.5 Å². The molecule has 0 radical (unpaired) electrons. The molecule has 1 aliphatic rings. The van der Waals surface area contributed by atoms with Gasteiger partial charge in [0, 0.05) is 55.6 Å². The van der Waals surface area contributed by atoms with Gasteiger partial charge >= 0.3 is 0 Å². The number of nitrogens with two attached hydrogens (primary N) is 1. The summed E-state index contributed by atoms with van der Waals surface area (Å²) in [6.45, 7) is 0.554. The van der Waals surface area contributed by atoms with Gasteiger partial charge in [0.15, 0.2) is 5.58 Å². The molecule has 3 heterocycles. The molecule has 6 aromatic carbocycles. The molecule has 3 aromatic heterocycles. The van der Waals surface area contributed by atoms with Gasteiger partial charge in [-0.1, -0.05) is 85.0 Å². The van der Waals surface area contributed by atoms with Gasteiger partial charge in [0.2, 0.25) is 0 Å². The fraction of sp³-hybridized carbons (Fsp3) is 0.0889. The number of fused-ring (bicyclic) bond motifs is 9. The summed E-state index contributed by atoms with van der Waals surface area (Å²) in [6.07, 6.45) is 7.97. The van der Waals surface area contributed by atoms with Crippen LogP contribution in [0.1, 0.15) is 24.0 Å². The van der Waals surface area contributed by atoms with Crippen LogP contribution in [0.2, 0.25) is 0 Å². The molecule has 6 heteroatoms. The fourth-order valence-corrected chi connectivity index (χ4v) is 7.43. The van der Waals surface area contributed by atoms with E-state index >= 15 is 0 Å². The van der Waals surface area contributed by atoms with E-state index in [9.17, 15) is 0 Å². The molecule has 0 amide bonds. The SMILES string of the molecule is NC(=NC(NCc1cccc2c1oc1c#cccc12)C1=CC=CCC1)c1ccc2oc3cc(-c4cccc5c4oc4ccccc45)ccc3c2c1. The standard InChI is InChI=1S/C45H31N3O3/c46-44(48-45(27-10-2-1-3-11-27)47-26-30-12-8-16-35-32-13-4-6-18-38(32)50-42(30)35)29-21-23-40-37(24-29)34-22-20-28(25-41(34)49-40)31-15-9-17-36-33-14-5-7-19-39(33)51-43(31)36/h1-2,4-5,7-10,12-17,19-25,45,47H,3,11,26H2,(H2,46,48). The third-order valence-corrected chi connectivity index (χ3v) is 9.99. The predicted octanol–water partition coefficient (Wildman–Crippen LogP) is 10.7. The first-order valence-electron chi connectivity index (χ1n) is 17.2. The first-order chi connectivity index (χ1) is 25.2. The zero-order valence-corrected chi connectivity index (χ0v) is 27.6. The largest absolute Gasteiger partial charge is 0.456 e. The summed E-state index contributed by atoms with van der Waals surface area (Å²) in [5.41, 5.74) is 16.8. The first-order valence-corrected chi connectivity index (χ1v) is 17.2. The maximum absolute atomic E-state index is 6.80. The normalized spacial score (nSPS) is 14.3. The van der Waals surface area contributed by atoms with Crippen molar-refractivity contribution in [1.29, 1.82) is 0 Å². The molecule has 1 unspecified atom stereocenters. The Morgan fingerprint density at radius 1 is 0.745 bits per heavy atom. The van der Waals surface area contributed by atoms with Crippen LogP contribution in [0, 0.1) is 12.1 Å². The van der Waals surface area contributed by atoms with Gasteiger partial charge in [-0.25, -0.2) is 4.99 Å². The Morgan fingerprint density at radius 2 is 1.59 bits per heavy atom. The number of nitrogens with zero attached hydrogens (tertiary/aromatic N) is 1. The number of furan rings is 3. The van der Waals surface area contributed by atoms with Gasteiger partial charge in [-0.2, -0.15) is 0 Å². The van der Waals surface area contributed by atoms with Crippen LogP contribution in [0.4, 0.5) is 0 Å². The van der Waals surface area contributed by atoms with Gasteiger partial charge in [-0.15, -0.1) is 0 Å². The highest BCUT2D eigenvalue weighted by atomic mass is 16.3. The molecule has 3 N–H and O–H groups in total. The van der Waals surface area contributed by atoms with Crippen molar-refractivity contribution >= 4 is 71.7 Å². The van der Waals surface area contributed by atoms with Gasteiger partial charge in [0.05, 0.1) is 0 Å². The smallest absolute Gasteiger partial charge is 0.185 e. The van der Waals surface area contributed by atoms with Crippen molar-refractivity contribution in [3.63, 3.8) is 0 Å². The quantitative estimate of drug-likeness (QED) is 0.131. The van der Waals surface area contributed by atoms with Crippen molar-refractivity contribution in [2.45, 2.75) is 25.6 Å². The molecule has 1 atom stereocenters. The van der Waals surface area contributed by atoms with E-state index in [-0.39, 0.29) is 6.17 Å². The van der Waals surface area contributed by atoms with Crippen molar-refractivity contribution in [1.82, 2.24) is 5.32 Å². The number of hydrogen-bond donors (Lipinski definition) is 2. The molecule has 1 aliphatic carbocycles. The minimum Gasteiger partial charge on any atom is -0.456 e. The molecule has 6 nitrogen and oxygen atoms in total. The molecular formula is C45H31N3O3. The Kier molecular flexibility index (Phi) is 6.80. The van der Waals surface area contributed by atoms with Gasteiger partial charge in [0.1, 0.15) is 39.9 Å². The highest BCUT2D eigenvalue weighted by Gasteiger charge is 2.19. The third-order valence-electron chi connectivity index (χ3n) is 9.99. The van der Waals surface area contributed by atoms with Gasteiger partial charge in [-0.3, -0.25) is 5.32 Å². The summed E-state index contributed by atoms with van der Waals surface area (Å²) in [6, 6.07) is 43.0.